The van der Waals surface area contributed by atoms with Crippen molar-refractivity contribution in [3.63, 3.8) is 0 Å². The predicted molar refractivity (Wildman–Crippen MR) is 91.7 cm³/mol. The van der Waals surface area contributed by atoms with E-state index in [9.17, 15) is 18.4 Å². The predicted octanol–water partition coefficient (Wildman–Crippen LogP) is 3.28. The first-order valence-electron chi connectivity index (χ1n) is 8.19. The zero-order valence-corrected chi connectivity index (χ0v) is 13.9. The number of anilines is 1. The van der Waals surface area contributed by atoms with E-state index in [0.717, 1.165) is 5.56 Å². The highest BCUT2D eigenvalue weighted by atomic mass is 19.3. The van der Waals surface area contributed by atoms with Crippen LogP contribution in [0, 0.1) is 5.92 Å². The summed E-state index contributed by atoms with van der Waals surface area (Å²) in [5.74, 6) is -1.14. The number of ether oxygens (including phenoxy) is 1. The normalized spacial score (nSPS) is 16.8. The fourth-order valence-electron chi connectivity index (χ4n) is 2.91. The zero-order chi connectivity index (χ0) is 18.5. The summed E-state index contributed by atoms with van der Waals surface area (Å²) in [7, 11) is 0. The molecular formula is C19H18F2N2O3. The molecule has 1 saturated heterocycles. The van der Waals surface area contributed by atoms with Crippen molar-refractivity contribution in [1.29, 1.82) is 0 Å². The van der Waals surface area contributed by atoms with E-state index in [1.165, 1.54) is 18.2 Å². The molecule has 1 aliphatic heterocycles. The van der Waals surface area contributed by atoms with Gasteiger partial charge in [-0.2, -0.15) is 8.78 Å². The van der Waals surface area contributed by atoms with Gasteiger partial charge in [0.15, 0.2) is 0 Å². The van der Waals surface area contributed by atoms with Crippen LogP contribution in [0.5, 0.6) is 5.75 Å². The zero-order valence-electron chi connectivity index (χ0n) is 13.9. The molecule has 1 heterocycles. The van der Waals surface area contributed by atoms with Crippen molar-refractivity contribution in [2.45, 2.75) is 19.6 Å². The number of likely N-dealkylation sites (tertiary alicyclic amines) is 1. The maximum absolute atomic E-state index is 12.5. The molecular weight excluding hydrogens is 342 g/mol. The molecule has 0 saturated carbocycles. The molecule has 0 bridgehead atoms. The lowest BCUT2D eigenvalue weighted by Crippen LogP contribution is -2.28. The van der Waals surface area contributed by atoms with E-state index in [1.54, 1.807) is 11.0 Å². The van der Waals surface area contributed by atoms with Crippen LogP contribution in [0.4, 0.5) is 14.5 Å². The minimum atomic E-state index is -2.98. The maximum Gasteiger partial charge on any atom is 0.387 e. The third kappa shape index (κ3) is 4.36. The van der Waals surface area contributed by atoms with Crippen molar-refractivity contribution < 1.29 is 23.1 Å². The Morgan fingerprint density at radius 1 is 1.15 bits per heavy atom. The number of hydrogen-bond donors (Lipinski definition) is 1. The van der Waals surface area contributed by atoms with Gasteiger partial charge in [0.05, 0.1) is 11.6 Å². The van der Waals surface area contributed by atoms with Gasteiger partial charge in [-0.1, -0.05) is 42.5 Å². The molecule has 136 valence electrons. The molecule has 2 aromatic carbocycles. The van der Waals surface area contributed by atoms with Gasteiger partial charge in [-0.05, 0) is 17.7 Å². The molecule has 26 heavy (non-hydrogen) atoms. The van der Waals surface area contributed by atoms with E-state index in [4.69, 9.17) is 0 Å². The van der Waals surface area contributed by atoms with Crippen LogP contribution in [0.25, 0.3) is 0 Å². The van der Waals surface area contributed by atoms with Crippen LogP contribution in [0.3, 0.4) is 0 Å². The van der Waals surface area contributed by atoms with Crippen molar-refractivity contribution in [2.75, 3.05) is 11.9 Å². The number of alkyl halides is 2. The van der Waals surface area contributed by atoms with Crippen LogP contribution < -0.4 is 10.1 Å². The molecule has 2 amide bonds. The Hall–Kier alpha value is -2.96. The lowest BCUT2D eigenvalue weighted by atomic mass is 10.1. The first kappa shape index (κ1) is 17.8. The number of carbonyl (C=O) groups is 2. The molecule has 0 spiro atoms. The highest BCUT2D eigenvalue weighted by Crippen LogP contribution is 2.28. The van der Waals surface area contributed by atoms with Crippen LogP contribution in [0.2, 0.25) is 0 Å². The van der Waals surface area contributed by atoms with Crippen molar-refractivity contribution in [1.82, 2.24) is 4.90 Å². The molecule has 3 rings (SSSR count). The van der Waals surface area contributed by atoms with Gasteiger partial charge >= 0.3 is 6.61 Å². The first-order valence-corrected chi connectivity index (χ1v) is 8.19. The quantitative estimate of drug-likeness (QED) is 0.860. The monoisotopic (exact) mass is 360 g/mol. The van der Waals surface area contributed by atoms with E-state index < -0.39 is 12.5 Å². The molecule has 2 aromatic rings. The van der Waals surface area contributed by atoms with Crippen LogP contribution in [-0.4, -0.2) is 29.9 Å². The van der Waals surface area contributed by atoms with Crippen molar-refractivity contribution in [3.05, 3.63) is 60.2 Å². The summed E-state index contributed by atoms with van der Waals surface area (Å²) in [6, 6.07) is 15.5. The summed E-state index contributed by atoms with van der Waals surface area (Å²) in [4.78, 5) is 26.3. The number of carbonyl (C=O) groups excluding carboxylic acids is 2. The largest absolute Gasteiger partial charge is 0.433 e. The van der Waals surface area contributed by atoms with Gasteiger partial charge in [0.2, 0.25) is 11.8 Å². The van der Waals surface area contributed by atoms with Crippen molar-refractivity contribution >= 4 is 17.5 Å². The average Bonchev–Trinajstić information content (AvgIpc) is 2.98. The Labute approximate surface area is 149 Å². The third-order valence-electron chi connectivity index (χ3n) is 4.16. The number of nitrogens with one attached hydrogen (secondary N) is 1. The minimum Gasteiger partial charge on any atom is -0.433 e. The molecule has 0 radical (unpaired) electrons. The Morgan fingerprint density at radius 3 is 2.58 bits per heavy atom. The van der Waals surface area contributed by atoms with Gasteiger partial charge in [-0.25, -0.2) is 0 Å². The summed E-state index contributed by atoms with van der Waals surface area (Å²) in [5.41, 5.74) is 1.14. The third-order valence-corrected chi connectivity index (χ3v) is 4.16. The smallest absolute Gasteiger partial charge is 0.387 e. The minimum absolute atomic E-state index is 0.0938. The van der Waals surface area contributed by atoms with Gasteiger partial charge in [-0.3, -0.25) is 9.59 Å². The molecule has 1 aliphatic rings. The second kappa shape index (κ2) is 7.95. The SMILES string of the molecule is O=C(Nc1ccccc1OC(F)F)[C@@H]1CC(=O)N(Cc2ccccc2)C1. The molecule has 7 heteroatoms. The lowest BCUT2D eigenvalue weighted by molar-refractivity contribution is -0.128. The van der Waals surface area contributed by atoms with E-state index in [0.29, 0.717) is 6.54 Å². The van der Waals surface area contributed by atoms with Crippen LogP contribution in [0.15, 0.2) is 54.6 Å². The first-order chi connectivity index (χ1) is 12.5. The molecule has 0 aromatic heterocycles. The standard InChI is InChI=1S/C19H18F2N2O3/c20-19(21)26-16-9-5-4-8-15(16)22-18(25)14-10-17(24)23(12-14)11-13-6-2-1-3-7-13/h1-9,14,19H,10-12H2,(H,22,25)/t14-/m1/s1. The van der Waals surface area contributed by atoms with Crippen molar-refractivity contribution in [2.24, 2.45) is 5.92 Å². The molecule has 0 aliphatic carbocycles. The van der Waals surface area contributed by atoms with E-state index in [2.05, 4.69) is 10.1 Å². The maximum atomic E-state index is 12.5. The molecule has 5 nitrogen and oxygen atoms in total. The van der Waals surface area contributed by atoms with E-state index in [1.807, 2.05) is 30.3 Å². The highest BCUT2D eigenvalue weighted by molar-refractivity contribution is 5.98. The lowest BCUT2D eigenvalue weighted by Gasteiger charge is -2.17. The van der Waals surface area contributed by atoms with E-state index >= 15 is 0 Å². The van der Waals surface area contributed by atoms with Crippen molar-refractivity contribution in [3.8, 4) is 5.75 Å². The van der Waals surface area contributed by atoms with Gasteiger partial charge in [0, 0.05) is 19.5 Å². The van der Waals surface area contributed by atoms with Gasteiger partial charge in [0.1, 0.15) is 5.75 Å². The number of nitrogens with zero attached hydrogens (tertiary/aromatic N) is 1. The number of rotatable bonds is 6. The Balaban J connectivity index is 1.63. The summed E-state index contributed by atoms with van der Waals surface area (Å²) in [6.07, 6.45) is 0.0938. The molecule has 1 atom stereocenters. The van der Waals surface area contributed by atoms with Crippen LogP contribution in [-0.2, 0) is 16.1 Å². The summed E-state index contributed by atoms with van der Waals surface area (Å²) in [5, 5.41) is 2.59. The van der Waals surface area contributed by atoms with Gasteiger partial charge < -0.3 is 15.0 Å². The second-order valence-corrected chi connectivity index (χ2v) is 6.02. The van der Waals surface area contributed by atoms with Crippen LogP contribution >= 0.6 is 0 Å². The Kier molecular flexibility index (Phi) is 5.46. The fourth-order valence-corrected chi connectivity index (χ4v) is 2.91. The number of benzene rings is 2. The molecule has 1 fully saturated rings. The van der Waals surface area contributed by atoms with Gasteiger partial charge in [0.25, 0.3) is 0 Å². The molecule has 0 unspecified atom stereocenters. The number of para-hydroxylation sites is 2. The Morgan fingerprint density at radius 2 is 1.85 bits per heavy atom. The van der Waals surface area contributed by atoms with E-state index in [-0.39, 0.29) is 36.2 Å². The Bertz CT molecular complexity index is 783. The average molecular weight is 360 g/mol. The second-order valence-electron chi connectivity index (χ2n) is 6.02. The topological polar surface area (TPSA) is 58.6 Å². The fraction of sp³-hybridized carbons (Fsp3) is 0.263. The van der Waals surface area contributed by atoms with Gasteiger partial charge in [-0.15, -0.1) is 0 Å². The number of hydrogen-bond acceptors (Lipinski definition) is 3. The summed E-state index contributed by atoms with van der Waals surface area (Å²) >= 11 is 0. The highest BCUT2D eigenvalue weighted by Gasteiger charge is 2.34. The van der Waals surface area contributed by atoms with Crippen LogP contribution in [0.1, 0.15) is 12.0 Å². The summed E-state index contributed by atoms with van der Waals surface area (Å²) < 4.78 is 29.3. The molecule has 1 N–H and O–H groups in total. The number of halogens is 2. The summed E-state index contributed by atoms with van der Waals surface area (Å²) in [6.45, 7) is -2.26. The number of amides is 2.